The third-order valence-electron chi connectivity index (χ3n) is 9.72. The quantitative estimate of drug-likeness (QED) is 0.111. The second kappa shape index (κ2) is 17.9. The minimum atomic E-state index is -4.80. The number of hydrogen-bond donors (Lipinski definition) is 2. The maximum atomic E-state index is 13.6. The Morgan fingerprint density at radius 1 is 0.881 bits per heavy atom. The number of imide groups is 2. The number of carbonyl (C=O) groups is 5. The number of nitrogens with zero attached hydrogens (tertiary/aromatic N) is 4. The minimum absolute atomic E-state index is 0.0160. The van der Waals surface area contributed by atoms with E-state index in [2.05, 4.69) is 10.6 Å². The molecule has 0 spiro atoms. The molecule has 3 heterocycles. The largest absolute Gasteiger partial charge is 0.491 e. The van der Waals surface area contributed by atoms with Crippen molar-refractivity contribution in [3.05, 3.63) is 82.9 Å². The molecule has 0 aromatic heterocycles. The van der Waals surface area contributed by atoms with E-state index < -0.39 is 58.4 Å². The number of nitriles is 1. The third-order valence-corrected chi connectivity index (χ3v) is 10.1. The molecule has 0 aliphatic carbocycles. The van der Waals surface area contributed by atoms with Gasteiger partial charge < -0.3 is 29.2 Å². The second-order valence-electron chi connectivity index (χ2n) is 13.9. The van der Waals surface area contributed by atoms with E-state index >= 15 is 0 Å². The van der Waals surface area contributed by atoms with Gasteiger partial charge in [-0.15, -0.1) is 0 Å². The lowest BCUT2D eigenvalue weighted by Gasteiger charge is -2.29. The maximum Gasteiger partial charge on any atom is 0.417 e. The molecule has 1 atom stereocenters. The summed E-state index contributed by atoms with van der Waals surface area (Å²) in [5, 5.41) is 14.4. The van der Waals surface area contributed by atoms with Crippen molar-refractivity contribution >= 4 is 63.9 Å². The van der Waals surface area contributed by atoms with E-state index in [-0.39, 0.29) is 54.6 Å². The van der Waals surface area contributed by atoms with E-state index in [1.165, 1.54) is 18.2 Å². The van der Waals surface area contributed by atoms with Crippen LogP contribution in [0.1, 0.15) is 58.5 Å². The van der Waals surface area contributed by atoms with Crippen molar-refractivity contribution in [2.24, 2.45) is 0 Å². The number of anilines is 3. The molecular formula is C40H39F3N6O9S. The van der Waals surface area contributed by atoms with E-state index in [4.69, 9.17) is 36.4 Å². The van der Waals surface area contributed by atoms with Crippen LogP contribution < -0.4 is 25.2 Å². The molecule has 19 heteroatoms. The summed E-state index contributed by atoms with van der Waals surface area (Å²) >= 11 is 5.59. The Kier molecular flexibility index (Phi) is 12.9. The Labute approximate surface area is 341 Å². The Hall–Kier alpha value is -5.94. The van der Waals surface area contributed by atoms with Crippen LogP contribution in [0.3, 0.4) is 0 Å². The lowest BCUT2D eigenvalue weighted by molar-refractivity contribution is -0.138. The van der Waals surface area contributed by atoms with Crippen LogP contribution >= 0.6 is 12.2 Å². The molecule has 2 saturated heterocycles. The fraction of sp³-hybridized carbons (Fsp3) is 0.375. The summed E-state index contributed by atoms with van der Waals surface area (Å²) in [6, 6.07) is 15.1. The Morgan fingerprint density at radius 3 is 2.17 bits per heavy atom. The smallest absolute Gasteiger partial charge is 0.417 e. The Bertz CT molecular complexity index is 2190. The third kappa shape index (κ3) is 9.05. The summed E-state index contributed by atoms with van der Waals surface area (Å²) in [6.45, 7) is 5.57. The molecule has 3 aliphatic rings. The summed E-state index contributed by atoms with van der Waals surface area (Å²) in [5.41, 5.74) is -1.73. The first kappa shape index (κ1) is 42.7. The van der Waals surface area contributed by atoms with Crippen LogP contribution in [0.2, 0.25) is 0 Å². The van der Waals surface area contributed by atoms with Crippen LogP contribution in [-0.2, 0) is 34.8 Å². The minimum Gasteiger partial charge on any atom is -0.491 e. The van der Waals surface area contributed by atoms with Crippen molar-refractivity contribution in [1.82, 2.24) is 10.2 Å². The highest BCUT2D eigenvalue weighted by Crippen LogP contribution is 2.40. The fourth-order valence-corrected chi connectivity index (χ4v) is 7.35. The van der Waals surface area contributed by atoms with Gasteiger partial charge in [-0.3, -0.25) is 39.1 Å². The fourth-order valence-electron chi connectivity index (χ4n) is 6.83. The zero-order valence-electron chi connectivity index (χ0n) is 31.9. The molecule has 1 unspecified atom stereocenters. The number of rotatable bonds is 17. The molecule has 0 saturated carbocycles. The number of nitrogens with one attached hydrogen (secondary N) is 2. The van der Waals surface area contributed by atoms with Crippen LogP contribution in [0.15, 0.2) is 60.7 Å². The molecule has 0 radical (unpaired) electrons. The highest BCUT2D eigenvalue weighted by molar-refractivity contribution is 7.81. The van der Waals surface area contributed by atoms with Gasteiger partial charge in [0, 0.05) is 24.3 Å². The van der Waals surface area contributed by atoms with Gasteiger partial charge in [0.15, 0.2) is 5.11 Å². The standard InChI is InChI=1S/C40H39F3N6O9S/c1-39(2)37(54)47(26-7-6-24(23-44)29(22-26)40(41,42)43)38(59)49(39)25-8-10-27(11-9-25)58-21-20-57-19-18-56-17-16-55-15-14-45-30-5-3-4-28-33(30)36(53)48(35(28)52)31-12-13-32(50)46-34(31)51/h3-11,22,31,45H,12-21H2,1-2H3,(H,46,50,51). The maximum absolute atomic E-state index is 13.6. The molecule has 3 aromatic rings. The first-order valence-corrected chi connectivity index (χ1v) is 18.9. The number of alkyl halides is 3. The molecule has 3 aliphatic heterocycles. The van der Waals surface area contributed by atoms with Crippen molar-refractivity contribution in [3.8, 4) is 11.8 Å². The molecule has 0 bridgehead atoms. The number of fused-ring (bicyclic) bond motifs is 1. The molecule has 15 nitrogen and oxygen atoms in total. The summed E-state index contributed by atoms with van der Waals surface area (Å²) in [4.78, 5) is 67.0. The average Bonchev–Trinajstić information content (AvgIpc) is 3.55. The topological polar surface area (TPSA) is 180 Å². The lowest BCUT2D eigenvalue weighted by Crippen LogP contribution is -2.54. The van der Waals surface area contributed by atoms with Gasteiger partial charge in [-0.2, -0.15) is 18.4 Å². The van der Waals surface area contributed by atoms with Crippen molar-refractivity contribution in [2.45, 2.75) is 44.4 Å². The molecule has 5 amide bonds. The van der Waals surface area contributed by atoms with Crippen LogP contribution in [-0.4, -0.2) is 104 Å². The van der Waals surface area contributed by atoms with E-state index in [9.17, 15) is 37.1 Å². The molecule has 3 aromatic carbocycles. The molecule has 310 valence electrons. The van der Waals surface area contributed by atoms with Crippen molar-refractivity contribution in [1.29, 1.82) is 5.26 Å². The molecule has 2 N–H and O–H groups in total. The van der Waals surface area contributed by atoms with Crippen LogP contribution in [0.4, 0.5) is 30.2 Å². The lowest BCUT2D eigenvalue weighted by atomic mass is 10.0. The number of halogens is 3. The zero-order valence-corrected chi connectivity index (χ0v) is 32.7. The summed E-state index contributed by atoms with van der Waals surface area (Å²) < 4.78 is 63.4. The second-order valence-corrected chi connectivity index (χ2v) is 14.3. The highest BCUT2D eigenvalue weighted by Gasteiger charge is 2.51. The number of ether oxygens (including phenoxy) is 4. The molecule has 2 fully saturated rings. The summed E-state index contributed by atoms with van der Waals surface area (Å²) in [5.74, 6) is -2.31. The number of amides is 5. The molecule has 6 rings (SSSR count). The SMILES string of the molecule is CC1(C)C(=O)N(c2ccc(C#N)c(C(F)(F)F)c2)C(=S)N1c1ccc(OCCOCCOCCOCCNc2cccc3c2C(=O)N(C2CCC(=O)NC2=O)C3=O)cc1. The first-order chi connectivity index (χ1) is 28.1. The Morgan fingerprint density at radius 2 is 1.53 bits per heavy atom. The molecule has 59 heavy (non-hydrogen) atoms. The normalized spacial score (nSPS) is 17.7. The van der Waals surface area contributed by atoms with Crippen molar-refractivity contribution in [2.75, 3.05) is 67.9 Å². The first-order valence-electron chi connectivity index (χ1n) is 18.5. The number of thiocarbonyl (C=S) groups is 1. The highest BCUT2D eigenvalue weighted by atomic mass is 32.1. The number of carbonyl (C=O) groups excluding carboxylic acids is 5. The van der Waals surface area contributed by atoms with Crippen molar-refractivity contribution < 1.29 is 56.1 Å². The summed E-state index contributed by atoms with van der Waals surface area (Å²) in [7, 11) is 0. The van der Waals surface area contributed by atoms with Crippen LogP contribution in [0, 0.1) is 11.3 Å². The van der Waals surface area contributed by atoms with Crippen molar-refractivity contribution in [3.63, 3.8) is 0 Å². The number of hydrogen-bond acceptors (Lipinski definition) is 12. The van der Waals surface area contributed by atoms with Gasteiger partial charge in [0.25, 0.3) is 17.7 Å². The average molecular weight is 837 g/mol. The van der Waals surface area contributed by atoms with Gasteiger partial charge in [0.1, 0.15) is 23.9 Å². The molecular weight excluding hydrogens is 798 g/mol. The van der Waals surface area contributed by atoms with Gasteiger partial charge in [0.2, 0.25) is 11.8 Å². The van der Waals surface area contributed by atoms with Crippen LogP contribution in [0.25, 0.3) is 0 Å². The monoisotopic (exact) mass is 836 g/mol. The predicted molar refractivity (Wildman–Crippen MR) is 209 cm³/mol. The van der Waals surface area contributed by atoms with Gasteiger partial charge in [-0.25, -0.2) is 0 Å². The van der Waals surface area contributed by atoms with E-state index in [0.29, 0.717) is 50.1 Å². The zero-order chi connectivity index (χ0) is 42.5. The Balaban J connectivity index is 0.859. The van der Waals surface area contributed by atoms with Gasteiger partial charge >= 0.3 is 6.18 Å². The van der Waals surface area contributed by atoms with Gasteiger partial charge in [-0.05, 0) is 87.1 Å². The number of piperidine rings is 1. The number of benzene rings is 3. The van der Waals surface area contributed by atoms with Crippen LogP contribution in [0.5, 0.6) is 5.75 Å². The van der Waals surface area contributed by atoms with E-state index in [1.807, 2.05) is 0 Å². The predicted octanol–water partition coefficient (Wildman–Crippen LogP) is 4.44. The van der Waals surface area contributed by atoms with Gasteiger partial charge in [0.05, 0.1) is 73.7 Å². The van der Waals surface area contributed by atoms with E-state index in [1.54, 1.807) is 55.1 Å². The van der Waals surface area contributed by atoms with E-state index in [0.717, 1.165) is 21.9 Å². The van der Waals surface area contributed by atoms with Gasteiger partial charge in [-0.1, -0.05) is 6.07 Å². The summed E-state index contributed by atoms with van der Waals surface area (Å²) in [6.07, 6.45) is -4.69.